The van der Waals surface area contributed by atoms with Gasteiger partial charge in [0.15, 0.2) is 5.13 Å². The molecule has 0 atom stereocenters. The highest BCUT2D eigenvalue weighted by molar-refractivity contribution is 7.17. The predicted octanol–water partition coefficient (Wildman–Crippen LogP) is 3.69. The number of anilines is 1. The van der Waals surface area contributed by atoms with Crippen LogP contribution in [-0.4, -0.2) is 44.9 Å². The maximum Gasteiger partial charge on any atom is 0.433 e. The lowest BCUT2D eigenvalue weighted by atomic mass is 10.2. The van der Waals surface area contributed by atoms with Crippen molar-refractivity contribution in [3.63, 3.8) is 0 Å². The van der Waals surface area contributed by atoms with E-state index in [2.05, 4.69) is 20.3 Å². The van der Waals surface area contributed by atoms with E-state index in [-0.39, 0.29) is 18.5 Å². The van der Waals surface area contributed by atoms with Gasteiger partial charge in [-0.25, -0.2) is 14.8 Å². The van der Waals surface area contributed by atoms with E-state index in [0.717, 1.165) is 28.6 Å². The van der Waals surface area contributed by atoms with Gasteiger partial charge in [-0.05, 0) is 18.6 Å². The zero-order valence-corrected chi connectivity index (χ0v) is 18.4. The Kier molecular flexibility index (Phi) is 6.11. The number of aromatic nitrogens is 3. The van der Waals surface area contributed by atoms with E-state index in [0.29, 0.717) is 40.9 Å². The Morgan fingerprint density at radius 3 is 2.72 bits per heavy atom. The van der Waals surface area contributed by atoms with Crippen LogP contribution in [0.4, 0.5) is 23.1 Å². The predicted molar refractivity (Wildman–Crippen MR) is 113 cm³/mol. The summed E-state index contributed by atoms with van der Waals surface area (Å²) in [4.78, 5) is 40.6. The van der Waals surface area contributed by atoms with E-state index in [1.807, 2.05) is 5.38 Å². The zero-order valence-electron chi connectivity index (χ0n) is 16.7. The molecule has 0 aliphatic carbocycles. The van der Waals surface area contributed by atoms with Crippen molar-refractivity contribution in [3.05, 3.63) is 56.7 Å². The molecule has 0 aromatic carbocycles. The first kappa shape index (κ1) is 22.1. The van der Waals surface area contributed by atoms with Crippen LogP contribution >= 0.6 is 22.7 Å². The highest BCUT2D eigenvalue weighted by atomic mass is 32.1. The first-order valence-corrected chi connectivity index (χ1v) is 11.1. The third kappa shape index (κ3) is 4.72. The second kappa shape index (κ2) is 8.82. The van der Waals surface area contributed by atoms with Gasteiger partial charge in [0.2, 0.25) is 0 Å². The molecule has 0 radical (unpaired) electrons. The number of urea groups is 1. The Balaban J connectivity index is 1.40. The number of carbonyl (C=O) groups excluding carboxylic acids is 2. The summed E-state index contributed by atoms with van der Waals surface area (Å²) in [6, 6.07) is 1.88. The quantitative estimate of drug-likeness (QED) is 0.579. The van der Waals surface area contributed by atoms with Crippen molar-refractivity contribution in [2.45, 2.75) is 26.2 Å². The Hall–Kier alpha value is -3.06. The summed E-state index contributed by atoms with van der Waals surface area (Å²) in [6.45, 7) is 2.88. The Bertz CT molecular complexity index is 1120. The van der Waals surface area contributed by atoms with Gasteiger partial charge in [0.1, 0.15) is 15.6 Å². The van der Waals surface area contributed by atoms with Crippen molar-refractivity contribution in [1.29, 1.82) is 0 Å². The van der Waals surface area contributed by atoms with Crippen molar-refractivity contribution < 1.29 is 22.8 Å². The highest BCUT2D eigenvalue weighted by Gasteiger charge is 2.34. The van der Waals surface area contributed by atoms with Crippen molar-refractivity contribution in [2.24, 2.45) is 0 Å². The molecule has 13 heteroatoms. The van der Waals surface area contributed by atoms with E-state index < -0.39 is 11.9 Å². The largest absolute Gasteiger partial charge is 0.433 e. The van der Waals surface area contributed by atoms with Crippen LogP contribution < -0.4 is 10.2 Å². The number of hydrogen-bond donors (Lipinski definition) is 1. The van der Waals surface area contributed by atoms with Gasteiger partial charge in [0, 0.05) is 37.4 Å². The first-order valence-electron chi connectivity index (χ1n) is 9.45. The van der Waals surface area contributed by atoms with Crippen molar-refractivity contribution in [1.82, 2.24) is 25.2 Å². The number of nitrogens with zero attached hydrogens (tertiary/aromatic N) is 5. The molecule has 1 saturated heterocycles. The van der Waals surface area contributed by atoms with Crippen molar-refractivity contribution in [2.75, 3.05) is 18.0 Å². The van der Waals surface area contributed by atoms with Crippen LogP contribution in [0.2, 0.25) is 0 Å². The van der Waals surface area contributed by atoms with Gasteiger partial charge in [-0.3, -0.25) is 14.7 Å². The Morgan fingerprint density at radius 2 is 2.06 bits per heavy atom. The fourth-order valence-corrected chi connectivity index (χ4v) is 4.66. The summed E-state index contributed by atoms with van der Waals surface area (Å²) in [7, 11) is 0. The minimum absolute atomic E-state index is 0.131. The minimum Gasteiger partial charge on any atom is -0.345 e. The number of hydrogen-bond acceptors (Lipinski definition) is 7. The number of thiazole rings is 2. The van der Waals surface area contributed by atoms with Crippen LogP contribution in [0.25, 0.3) is 0 Å². The van der Waals surface area contributed by atoms with Gasteiger partial charge in [-0.1, -0.05) is 17.4 Å². The molecule has 168 valence electrons. The van der Waals surface area contributed by atoms with Crippen LogP contribution in [0.15, 0.2) is 29.9 Å². The van der Waals surface area contributed by atoms with E-state index >= 15 is 0 Å². The van der Waals surface area contributed by atoms with Gasteiger partial charge in [0.05, 0.1) is 12.2 Å². The molecule has 3 amide bonds. The summed E-state index contributed by atoms with van der Waals surface area (Å²) in [5.41, 5.74) is 0.0279. The number of carbonyl (C=O) groups is 2. The van der Waals surface area contributed by atoms with Crippen molar-refractivity contribution in [3.8, 4) is 0 Å². The number of halogens is 3. The van der Waals surface area contributed by atoms with Gasteiger partial charge in [0.25, 0.3) is 5.91 Å². The number of nitrogens with one attached hydrogen (secondary N) is 1. The average molecular weight is 483 g/mol. The second-order valence-corrected chi connectivity index (χ2v) is 8.88. The molecule has 0 spiro atoms. The zero-order chi connectivity index (χ0) is 22.9. The molecule has 0 bridgehead atoms. The van der Waals surface area contributed by atoms with Crippen LogP contribution in [-0.2, 0) is 19.3 Å². The number of aryl methyl sites for hydroxylation is 1. The molecule has 1 fully saturated rings. The fraction of sp³-hybridized carbons (Fsp3) is 0.316. The lowest BCUT2D eigenvalue weighted by molar-refractivity contribution is -0.141. The van der Waals surface area contributed by atoms with Crippen LogP contribution in [0, 0.1) is 6.92 Å². The molecule has 0 unspecified atom stereocenters. The molecular formula is C19H17F3N6O2S2. The standard InChI is InChI=1S/C19H17F3N6O2S2/c1-11-15(16(29)25-9-14-23-4-7-31-14)32-17(26-11)28-6-5-27(18(28)30)10-12-2-3-13(24-8-12)19(20,21)22/h2-4,7-8H,5-6,9-10H2,1H3,(H,25,29). The molecule has 4 rings (SSSR count). The normalized spacial score (nSPS) is 14.3. The highest BCUT2D eigenvalue weighted by Crippen LogP contribution is 2.30. The van der Waals surface area contributed by atoms with Crippen molar-refractivity contribution >= 4 is 39.7 Å². The molecule has 1 aliphatic rings. The average Bonchev–Trinajstić information content (AvgIpc) is 3.47. The van der Waals surface area contributed by atoms with Crippen LogP contribution in [0.1, 0.15) is 31.6 Å². The topological polar surface area (TPSA) is 91.3 Å². The molecule has 4 heterocycles. The molecule has 1 aliphatic heterocycles. The second-order valence-electron chi connectivity index (χ2n) is 6.92. The maximum atomic E-state index is 12.8. The lowest BCUT2D eigenvalue weighted by Gasteiger charge is -2.17. The summed E-state index contributed by atoms with van der Waals surface area (Å²) in [5, 5.41) is 5.80. The molecule has 1 N–H and O–H groups in total. The van der Waals surface area contributed by atoms with Gasteiger partial charge in [-0.2, -0.15) is 13.2 Å². The van der Waals surface area contributed by atoms with Gasteiger partial charge >= 0.3 is 12.2 Å². The van der Waals surface area contributed by atoms with Gasteiger partial charge in [-0.15, -0.1) is 11.3 Å². The molecule has 8 nitrogen and oxygen atoms in total. The summed E-state index contributed by atoms with van der Waals surface area (Å²) in [5.74, 6) is -0.291. The number of pyridine rings is 1. The molecule has 3 aromatic heterocycles. The number of amides is 3. The lowest BCUT2D eigenvalue weighted by Crippen LogP contribution is -2.31. The Morgan fingerprint density at radius 1 is 1.25 bits per heavy atom. The van der Waals surface area contributed by atoms with E-state index in [1.165, 1.54) is 27.2 Å². The maximum absolute atomic E-state index is 12.8. The number of alkyl halides is 3. The van der Waals surface area contributed by atoms with Gasteiger partial charge < -0.3 is 10.2 Å². The fourth-order valence-electron chi connectivity index (χ4n) is 3.10. The van der Waals surface area contributed by atoms with E-state index in [9.17, 15) is 22.8 Å². The molecule has 32 heavy (non-hydrogen) atoms. The molecule has 3 aromatic rings. The SMILES string of the molecule is Cc1nc(N2CCN(Cc3ccc(C(F)(F)F)nc3)C2=O)sc1C(=O)NCc1nccs1. The van der Waals surface area contributed by atoms with Crippen LogP contribution in [0.5, 0.6) is 0 Å². The smallest absolute Gasteiger partial charge is 0.345 e. The molecule has 0 saturated carbocycles. The summed E-state index contributed by atoms with van der Waals surface area (Å²) >= 11 is 2.56. The van der Waals surface area contributed by atoms with Crippen LogP contribution in [0.3, 0.4) is 0 Å². The monoisotopic (exact) mass is 482 g/mol. The summed E-state index contributed by atoms with van der Waals surface area (Å²) < 4.78 is 38.0. The summed E-state index contributed by atoms with van der Waals surface area (Å²) in [6.07, 6.45) is -1.73. The number of rotatable bonds is 6. The Labute approximate surface area is 188 Å². The third-order valence-corrected chi connectivity index (χ3v) is 6.65. The van der Waals surface area contributed by atoms with E-state index in [1.54, 1.807) is 13.1 Å². The van der Waals surface area contributed by atoms with E-state index in [4.69, 9.17) is 0 Å². The minimum atomic E-state index is -4.51. The first-order chi connectivity index (χ1) is 15.2. The third-order valence-electron chi connectivity index (χ3n) is 4.69. The molecular weight excluding hydrogens is 465 g/mol.